The van der Waals surface area contributed by atoms with Crippen molar-refractivity contribution in [3.05, 3.63) is 34.9 Å². The third-order valence-corrected chi connectivity index (χ3v) is 3.98. The van der Waals surface area contributed by atoms with Crippen LogP contribution in [0.1, 0.15) is 5.56 Å². The number of benzene rings is 1. The first-order valence-electron chi connectivity index (χ1n) is 7.05. The molecule has 1 fully saturated rings. The maximum atomic E-state index is 12.3. The molecule has 1 N–H and O–H groups in total. The number of carbonyl (C=O) groups is 2. The van der Waals surface area contributed by atoms with Gasteiger partial charge in [-0.05, 0) is 18.7 Å². The van der Waals surface area contributed by atoms with Crippen LogP contribution in [0.15, 0.2) is 24.3 Å². The molecule has 114 valence electrons. The molecule has 6 heteroatoms. The van der Waals surface area contributed by atoms with Crippen molar-refractivity contribution in [1.82, 2.24) is 15.1 Å². The van der Waals surface area contributed by atoms with Gasteiger partial charge in [-0.15, -0.1) is 0 Å². The Morgan fingerprint density at radius 3 is 2.24 bits per heavy atom. The zero-order valence-corrected chi connectivity index (χ0v) is 12.9. The zero-order valence-electron chi connectivity index (χ0n) is 12.1. The number of rotatable bonds is 4. The molecule has 0 saturated carbocycles. The summed E-state index contributed by atoms with van der Waals surface area (Å²) < 4.78 is 0. The summed E-state index contributed by atoms with van der Waals surface area (Å²) in [4.78, 5) is 27.6. The molecule has 0 unspecified atom stereocenters. The second-order valence-electron chi connectivity index (χ2n) is 5.06. The lowest BCUT2D eigenvalue weighted by Gasteiger charge is -2.35. The van der Waals surface area contributed by atoms with E-state index in [9.17, 15) is 9.59 Å². The van der Waals surface area contributed by atoms with Gasteiger partial charge < -0.3 is 15.1 Å². The van der Waals surface area contributed by atoms with Crippen molar-refractivity contribution in [2.45, 2.75) is 6.42 Å². The van der Waals surface area contributed by atoms with Crippen LogP contribution in [0, 0.1) is 0 Å². The number of amides is 2. The van der Waals surface area contributed by atoms with Gasteiger partial charge in [0.25, 0.3) is 0 Å². The van der Waals surface area contributed by atoms with E-state index in [1.54, 1.807) is 22.9 Å². The van der Waals surface area contributed by atoms with Crippen LogP contribution in [0.4, 0.5) is 0 Å². The third kappa shape index (κ3) is 4.19. The van der Waals surface area contributed by atoms with Gasteiger partial charge in [-0.3, -0.25) is 9.59 Å². The lowest BCUT2D eigenvalue weighted by molar-refractivity contribution is -0.138. The van der Waals surface area contributed by atoms with Crippen molar-refractivity contribution < 1.29 is 9.59 Å². The fourth-order valence-electron chi connectivity index (χ4n) is 2.38. The van der Waals surface area contributed by atoms with Crippen molar-refractivity contribution in [1.29, 1.82) is 0 Å². The fraction of sp³-hybridized carbons (Fsp3) is 0.467. The lowest BCUT2D eigenvalue weighted by Crippen LogP contribution is -2.52. The predicted octanol–water partition coefficient (Wildman–Crippen LogP) is 0.773. The summed E-state index contributed by atoms with van der Waals surface area (Å²) in [6, 6.07) is 7.39. The number of nitrogens with one attached hydrogen (secondary N) is 1. The van der Waals surface area contributed by atoms with Gasteiger partial charge in [0.15, 0.2) is 0 Å². The summed E-state index contributed by atoms with van der Waals surface area (Å²) in [5.41, 5.74) is 0.845. The summed E-state index contributed by atoms with van der Waals surface area (Å²) in [5.74, 6) is 0.138. The van der Waals surface area contributed by atoms with Gasteiger partial charge in [0.2, 0.25) is 11.8 Å². The number of hydrogen-bond acceptors (Lipinski definition) is 3. The Hall–Kier alpha value is -1.59. The molecular formula is C15H20ClN3O2. The fourth-order valence-corrected chi connectivity index (χ4v) is 2.59. The molecule has 1 aliphatic rings. The van der Waals surface area contributed by atoms with Gasteiger partial charge in [0, 0.05) is 31.2 Å². The first-order chi connectivity index (χ1) is 10.1. The summed E-state index contributed by atoms with van der Waals surface area (Å²) in [5, 5.41) is 3.47. The maximum Gasteiger partial charge on any atom is 0.236 e. The Morgan fingerprint density at radius 1 is 1.10 bits per heavy atom. The molecule has 0 spiro atoms. The smallest absolute Gasteiger partial charge is 0.236 e. The van der Waals surface area contributed by atoms with Gasteiger partial charge >= 0.3 is 0 Å². The van der Waals surface area contributed by atoms with Crippen LogP contribution in [0.3, 0.4) is 0 Å². The van der Waals surface area contributed by atoms with Gasteiger partial charge in [-0.25, -0.2) is 0 Å². The highest BCUT2D eigenvalue weighted by molar-refractivity contribution is 6.31. The molecule has 2 rings (SSSR count). The van der Waals surface area contributed by atoms with E-state index < -0.39 is 0 Å². The van der Waals surface area contributed by atoms with E-state index in [0.29, 0.717) is 44.2 Å². The average Bonchev–Trinajstić information content (AvgIpc) is 2.50. The van der Waals surface area contributed by atoms with Crippen molar-refractivity contribution in [3.8, 4) is 0 Å². The number of hydrogen-bond donors (Lipinski definition) is 1. The van der Waals surface area contributed by atoms with E-state index >= 15 is 0 Å². The van der Waals surface area contributed by atoms with Gasteiger partial charge in [0.05, 0.1) is 13.0 Å². The van der Waals surface area contributed by atoms with Crippen LogP contribution in [0.5, 0.6) is 0 Å². The lowest BCUT2D eigenvalue weighted by atomic mass is 10.1. The molecular weight excluding hydrogens is 290 g/mol. The average molecular weight is 310 g/mol. The van der Waals surface area contributed by atoms with E-state index in [2.05, 4.69) is 5.32 Å². The van der Waals surface area contributed by atoms with E-state index in [0.717, 1.165) is 5.56 Å². The molecule has 1 aromatic carbocycles. The summed E-state index contributed by atoms with van der Waals surface area (Å²) in [6.07, 6.45) is 0.310. The Balaban J connectivity index is 1.86. The van der Waals surface area contributed by atoms with E-state index in [-0.39, 0.29) is 11.8 Å². The first-order valence-corrected chi connectivity index (χ1v) is 7.43. The van der Waals surface area contributed by atoms with Gasteiger partial charge in [0.1, 0.15) is 0 Å². The van der Waals surface area contributed by atoms with Crippen LogP contribution in [-0.4, -0.2) is 61.4 Å². The highest BCUT2D eigenvalue weighted by Crippen LogP contribution is 2.16. The Labute approximate surface area is 129 Å². The van der Waals surface area contributed by atoms with Crippen LogP contribution in [-0.2, 0) is 16.0 Å². The molecule has 1 aliphatic heterocycles. The molecule has 2 amide bonds. The quantitative estimate of drug-likeness (QED) is 0.894. The van der Waals surface area contributed by atoms with Crippen LogP contribution in [0.2, 0.25) is 5.02 Å². The predicted molar refractivity (Wildman–Crippen MR) is 82.2 cm³/mol. The minimum atomic E-state index is 0.0591. The Morgan fingerprint density at radius 2 is 1.67 bits per heavy atom. The monoisotopic (exact) mass is 309 g/mol. The molecule has 21 heavy (non-hydrogen) atoms. The van der Waals surface area contributed by atoms with Crippen molar-refractivity contribution in [2.24, 2.45) is 0 Å². The minimum absolute atomic E-state index is 0.0591. The van der Waals surface area contributed by atoms with Crippen molar-refractivity contribution in [3.63, 3.8) is 0 Å². The Bertz CT molecular complexity index is 513. The second-order valence-corrected chi connectivity index (χ2v) is 5.47. The molecule has 1 heterocycles. The van der Waals surface area contributed by atoms with Gasteiger partial charge in [-0.2, -0.15) is 0 Å². The highest BCUT2D eigenvalue weighted by Gasteiger charge is 2.23. The molecule has 1 aromatic rings. The number of likely N-dealkylation sites (N-methyl/N-ethyl adjacent to an activating group) is 1. The molecule has 0 bridgehead atoms. The SMILES string of the molecule is CNCC(=O)N1CCN(C(=O)Cc2ccccc2Cl)CC1. The Kier molecular flexibility index (Phi) is 5.59. The van der Waals surface area contributed by atoms with Crippen LogP contribution in [0.25, 0.3) is 0 Å². The number of piperazine rings is 1. The summed E-state index contributed by atoms with van der Waals surface area (Å²) in [7, 11) is 1.75. The maximum absolute atomic E-state index is 12.3. The molecule has 0 aromatic heterocycles. The molecule has 0 radical (unpaired) electrons. The number of nitrogens with zero attached hydrogens (tertiary/aromatic N) is 2. The van der Waals surface area contributed by atoms with Crippen LogP contribution < -0.4 is 5.32 Å². The number of halogens is 1. The zero-order chi connectivity index (χ0) is 15.2. The van der Waals surface area contributed by atoms with E-state index in [1.807, 2.05) is 18.2 Å². The normalized spacial score (nSPS) is 15.1. The highest BCUT2D eigenvalue weighted by atomic mass is 35.5. The summed E-state index contributed by atoms with van der Waals surface area (Å²) >= 11 is 6.08. The molecule has 5 nitrogen and oxygen atoms in total. The standard InChI is InChI=1S/C15H20ClN3O2/c1-17-11-15(21)19-8-6-18(7-9-19)14(20)10-12-4-2-3-5-13(12)16/h2-5,17H,6-11H2,1H3. The third-order valence-electron chi connectivity index (χ3n) is 3.61. The molecule has 0 aliphatic carbocycles. The summed E-state index contributed by atoms with van der Waals surface area (Å²) in [6.45, 7) is 2.69. The van der Waals surface area contributed by atoms with E-state index in [1.165, 1.54) is 0 Å². The first kappa shape index (κ1) is 15.8. The largest absolute Gasteiger partial charge is 0.339 e. The molecule has 0 atom stereocenters. The van der Waals surface area contributed by atoms with Crippen LogP contribution >= 0.6 is 11.6 Å². The topological polar surface area (TPSA) is 52.7 Å². The van der Waals surface area contributed by atoms with Crippen molar-refractivity contribution >= 4 is 23.4 Å². The molecule has 1 saturated heterocycles. The minimum Gasteiger partial charge on any atom is -0.339 e. The second kappa shape index (κ2) is 7.43. The van der Waals surface area contributed by atoms with Crippen molar-refractivity contribution in [2.75, 3.05) is 39.8 Å². The number of carbonyl (C=O) groups excluding carboxylic acids is 2. The van der Waals surface area contributed by atoms with E-state index in [4.69, 9.17) is 11.6 Å². The van der Waals surface area contributed by atoms with Gasteiger partial charge in [-0.1, -0.05) is 29.8 Å².